The first-order valence-electron chi connectivity index (χ1n) is 6.49. The van der Waals surface area contributed by atoms with Gasteiger partial charge in [0.25, 0.3) is 0 Å². The Balaban J connectivity index is -0.000000213. The van der Waals surface area contributed by atoms with E-state index in [0.717, 1.165) is 19.1 Å². The van der Waals surface area contributed by atoms with E-state index in [4.69, 9.17) is 5.11 Å². The lowest BCUT2D eigenvalue weighted by molar-refractivity contribution is -0.135. The number of rotatable bonds is 8. The van der Waals surface area contributed by atoms with Gasteiger partial charge in [0.15, 0.2) is 0 Å². The van der Waals surface area contributed by atoms with E-state index in [2.05, 4.69) is 12.2 Å². The summed E-state index contributed by atoms with van der Waals surface area (Å²) in [6, 6.07) is 0. The molecule has 0 atom stereocenters. The second-order valence-corrected chi connectivity index (χ2v) is 3.29. The standard InChI is InChI=1S/C8H16O.C3H7NO2.C2H6/c1-2-3-4-5-6-7-8-9;1-4-2-3(5)6;1-2/h8H,2-7H2,1H3;4H,2H2,1H3,(H,5,6);1-2H3. The van der Waals surface area contributed by atoms with Gasteiger partial charge in [0, 0.05) is 6.42 Å². The third-order valence-corrected chi connectivity index (χ3v) is 1.75. The van der Waals surface area contributed by atoms with Crippen LogP contribution in [0.1, 0.15) is 59.3 Å². The lowest BCUT2D eigenvalue weighted by Crippen LogP contribution is -2.16. The molecule has 0 saturated carbocycles. The Kier molecular flexibility index (Phi) is 30.7. The summed E-state index contributed by atoms with van der Waals surface area (Å²) in [5.74, 6) is -0.822. The number of hydrogen-bond acceptors (Lipinski definition) is 3. The van der Waals surface area contributed by atoms with Crippen LogP contribution in [0.2, 0.25) is 0 Å². The van der Waals surface area contributed by atoms with Crippen LogP contribution in [0.5, 0.6) is 0 Å². The molecule has 0 heterocycles. The van der Waals surface area contributed by atoms with Gasteiger partial charge in [0.1, 0.15) is 6.29 Å². The van der Waals surface area contributed by atoms with E-state index < -0.39 is 5.97 Å². The lowest BCUT2D eigenvalue weighted by atomic mass is 10.1. The molecule has 0 spiro atoms. The van der Waals surface area contributed by atoms with Crippen molar-refractivity contribution >= 4 is 12.3 Å². The first-order valence-corrected chi connectivity index (χ1v) is 6.49. The molecular weight excluding hydrogens is 218 g/mol. The van der Waals surface area contributed by atoms with E-state index in [1.54, 1.807) is 7.05 Å². The summed E-state index contributed by atoms with van der Waals surface area (Å²) in [5, 5.41) is 10.3. The fourth-order valence-electron chi connectivity index (χ4n) is 0.982. The van der Waals surface area contributed by atoms with Gasteiger partial charge in [-0.1, -0.05) is 46.5 Å². The number of aldehydes is 1. The summed E-state index contributed by atoms with van der Waals surface area (Å²) < 4.78 is 0. The molecule has 2 N–H and O–H groups in total. The fourth-order valence-corrected chi connectivity index (χ4v) is 0.982. The third-order valence-electron chi connectivity index (χ3n) is 1.75. The van der Waals surface area contributed by atoms with Crippen molar-refractivity contribution in [1.82, 2.24) is 5.32 Å². The Bertz CT molecular complexity index is 150. The van der Waals surface area contributed by atoms with Crippen LogP contribution in [-0.4, -0.2) is 31.0 Å². The van der Waals surface area contributed by atoms with Crippen molar-refractivity contribution in [3.8, 4) is 0 Å². The molecule has 0 bridgehead atoms. The van der Waals surface area contributed by atoms with Crippen LogP contribution < -0.4 is 5.32 Å². The normalized spacial score (nSPS) is 8.24. The van der Waals surface area contributed by atoms with E-state index in [-0.39, 0.29) is 6.54 Å². The predicted octanol–water partition coefficient (Wildman–Crippen LogP) is 2.86. The van der Waals surface area contributed by atoms with Crippen LogP contribution in [0.4, 0.5) is 0 Å². The van der Waals surface area contributed by atoms with Gasteiger partial charge in [-0.25, -0.2) is 0 Å². The molecular formula is C13H29NO3. The highest BCUT2D eigenvalue weighted by atomic mass is 16.4. The van der Waals surface area contributed by atoms with Crippen molar-refractivity contribution in [2.45, 2.75) is 59.3 Å². The number of hydrogen-bond donors (Lipinski definition) is 2. The molecule has 4 heteroatoms. The third kappa shape index (κ3) is 39.5. The first kappa shape index (κ1) is 21.4. The number of carbonyl (C=O) groups excluding carboxylic acids is 1. The molecule has 0 aliphatic carbocycles. The molecule has 104 valence electrons. The topological polar surface area (TPSA) is 66.4 Å². The zero-order valence-electron chi connectivity index (χ0n) is 11.8. The van der Waals surface area contributed by atoms with E-state index in [1.807, 2.05) is 13.8 Å². The summed E-state index contributed by atoms with van der Waals surface area (Å²) in [6.07, 6.45) is 7.97. The van der Waals surface area contributed by atoms with Gasteiger partial charge in [-0.05, 0) is 13.5 Å². The molecule has 4 nitrogen and oxygen atoms in total. The van der Waals surface area contributed by atoms with Crippen molar-refractivity contribution < 1.29 is 14.7 Å². The highest BCUT2D eigenvalue weighted by Gasteiger charge is 1.86. The molecule has 0 aromatic rings. The molecule has 0 rings (SSSR count). The number of nitrogens with one attached hydrogen (secondary N) is 1. The molecule has 0 amide bonds. The minimum Gasteiger partial charge on any atom is -0.480 e. The van der Waals surface area contributed by atoms with Gasteiger partial charge in [-0.3, -0.25) is 4.79 Å². The molecule has 0 aliphatic heterocycles. The molecule has 0 fully saturated rings. The Labute approximate surface area is 106 Å². The largest absolute Gasteiger partial charge is 0.480 e. The van der Waals surface area contributed by atoms with Crippen LogP contribution in [0.15, 0.2) is 0 Å². The zero-order chi connectivity index (χ0) is 13.9. The Morgan fingerprint density at radius 2 is 1.71 bits per heavy atom. The SMILES string of the molecule is CC.CCCCCCCC=O.CNCC(=O)O. The Morgan fingerprint density at radius 1 is 1.18 bits per heavy atom. The first-order chi connectivity index (χ1) is 8.18. The van der Waals surface area contributed by atoms with Crippen LogP contribution in [0.3, 0.4) is 0 Å². The maximum absolute atomic E-state index is 9.84. The molecule has 0 radical (unpaired) electrons. The number of unbranched alkanes of at least 4 members (excludes halogenated alkanes) is 5. The second kappa shape index (κ2) is 24.4. The average molecular weight is 247 g/mol. The number of aliphatic carboxylic acids is 1. The maximum atomic E-state index is 9.84. The molecule has 17 heavy (non-hydrogen) atoms. The summed E-state index contributed by atoms with van der Waals surface area (Å²) >= 11 is 0. The molecule has 0 unspecified atom stereocenters. The van der Waals surface area contributed by atoms with E-state index >= 15 is 0 Å². The van der Waals surface area contributed by atoms with E-state index in [1.165, 1.54) is 25.7 Å². The van der Waals surface area contributed by atoms with Crippen molar-refractivity contribution in [3.05, 3.63) is 0 Å². The monoisotopic (exact) mass is 247 g/mol. The van der Waals surface area contributed by atoms with Gasteiger partial charge in [0.2, 0.25) is 0 Å². The average Bonchev–Trinajstić information content (AvgIpc) is 2.32. The number of carbonyl (C=O) groups is 2. The smallest absolute Gasteiger partial charge is 0.317 e. The van der Waals surface area contributed by atoms with Crippen molar-refractivity contribution in [3.63, 3.8) is 0 Å². The second-order valence-electron chi connectivity index (χ2n) is 3.29. The van der Waals surface area contributed by atoms with Crippen LogP contribution in [-0.2, 0) is 9.59 Å². The van der Waals surface area contributed by atoms with Crippen molar-refractivity contribution in [1.29, 1.82) is 0 Å². The van der Waals surface area contributed by atoms with Gasteiger partial charge < -0.3 is 15.2 Å². The van der Waals surface area contributed by atoms with E-state index in [0.29, 0.717) is 0 Å². The number of carboxylic acid groups (broad SMARTS) is 1. The zero-order valence-corrected chi connectivity index (χ0v) is 11.8. The van der Waals surface area contributed by atoms with Gasteiger partial charge >= 0.3 is 5.97 Å². The highest BCUT2D eigenvalue weighted by molar-refractivity contribution is 5.68. The van der Waals surface area contributed by atoms with Gasteiger partial charge in [-0.15, -0.1) is 0 Å². The highest BCUT2D eigenvalue weighted by Crippen LogP contribution is 2.02. The van der Waals surface area contributed by atoms with Crippen LogP contribution in [0.25, 0.3) is 0 Å². The lowest BCUT2D eigenvalue weighted by Gasteiger charge is -1.93. The summed E-state index contributed by atoms with van der Waals surface area (Å²) in [4.78, 5) is 19.4. The quantitative estimate of drug-likeness (QED) is 0.511. The summed E-state index contributed by atoms with van der Waals surface area (Å²) in [5.41, 5.74) is 0. The molecule has 0 aromatic heterocycles. The van der Waals surface area contributed by atoms with E-state index in [9.17, 15) is 9.59 Å². The molecule has 0 saturated heterocycles. The predicted molar refractivity (Wildman–Crippen MR) is 72.4 cm³/mol. The van der Waals surface area contributed by atoms with Crippen LogP contribution >= 0.6 is 0 Å². The summed E-state index contributed by atoms with van der Waals surface area (Å²) in [6.45, 7) is 6.24. The number of likely N-dealkylation sites (N-methyl/N-ethyl adjacent to an activating group) is 1. The molecule has 0 aliphatic rings. The van der Waals surface area contributed by atoms with Crippen molar-refractivity contribution in [2.24, 2.45) is 0 Å². The number of carboxylic acids is 1. The Morgan fingerprint density at radius 3 is 2.00 bits per heavy atom. The fraction of sp³-hybridized carbons (Fsp3) is 0.846. The minimum absolute atomic E-state index is 0.0417. The molecule has 0 aromatic carbocycles. The van der Waals surface area contributed by atoms with Crippen molar-refractivity contribution in [2.75, 3.05) is 13.6 Å². The van der Waals surface area contributed by atoms with Crippen LogP contribution in [0, 0.1) is 0 Å². The maximum Gasteiger partial charge on any atom is 0.317 e. The van der Waals surface area contributed by atoms with Gasteiger partial charge in [0.05, 0.1) is 6.54 Å². The Hall–Kier alpha value is -0.900. The van der Waals surface area contributed by atoms with Gasteiger partial charge in [-0.2, -0.15) is 0 Å². The summed E-state index contributed by atoms with van der Waals surface area (Å²) in [7, 11) is 1.59. The minimum atomic E-state index is -0.822.